The summed E-state index contributed by atoms with van der Waals surface area (Å²) in [5.41, 5.74) is -0.678. The Hall–Kier alpha value is -0.910. The van der Waals surface area contributed by atoms with Crippen molar-refractivity contribution in [2.45, 2.75) is 12.3 Å². The van der Waals surface area contributed by atoms with Gasteiger partial charge in [-0.15, -0.1) is 11.8 Å². The Morgan fingerprint density at radius 1 is 1.50 bits per heavy atom. The van der Waals surface area contributed by atoms with Crippen molar-refractivity contribution in [1.29, 1.82) is 0 Å². The maximum atomic E-state index is 11.3. The Morgan fingerprint density at radius 2 is 2.08 bits per heavy atom. The van der Waals surface area contributed by atoms with Gasteiger partial charge in [-0.25, -0.2) is 23.9 Å². The van der Waals surface area contributed by atoms with Crippen molar-refractivity contribution < 1.29 is 0 Å². The molecule has 0 fully saturated rings. The second-order valence-electron chi connectivity index (χ2n) is 2.46. The first-order valence-corrected chi connectivity index (χ1v) is 4.77. The maximum Gasteiger partial charge on any atom is 0.347 e. The molecule has 12 heavy (non-hydrogen) atoms. The van der Waals surface area contributed by atoms with E-state index in [-0.39, 0.29) is 16.8 Å². The number of H-pyrrole nitrogens is 1. The van der Waals surface area contributed by atoms with Crippen molar-refractivity contribution in [1.82, 2.24) is 14.3 Å². The fraction of sp³-hybridized carbons (Fsp3) is 0.667. The third-order valence-corrected chi connectivity index (χ3v) is 2.61. The van der Waals surface area contributed by atoms with E-state index in [0.29, 0.717) is 0 Å². The molecule has 6 heteroatoms. The number of nitrogens with zero attached hydrogens (tertiary/aromatic N) is 2. The Kier molecular flexibility index (Phi) is 2.46. The summed E-state index contributed by atoms with van der Waals surface area (Å²) in [6.07, 6.45) is 1.88. The van der Waals surface area contributed by atoms with E-state index < -0.39 is 0 Å². The molecule has 0 aliphatic rings. The van der Waals surface area contributed by atoms with Gasteiger partial charge in [0.15, 0.2) is 0 Å². The number of thioether (sulfide) groups is 1. The summed E-state index contributed by atoms with van der Waals surface area (Å²) in [4.78, 5) is 22.2. The molecule has 1 N–H and O–H groups in total. The number of hydrogen-bond acceptors (Lipinski definition) is 3. The molecule has 0 saturated carbocycles. The molecule has 68 valence electrons. The number of aromatic nitrogens is 3. The minimum absolute atomic E-state index is 0.0357. The van der Waals surface area contributed by atoms with Crippen molar-refractivity contribution in [2.75, 3.05) is 6.26 Å². The van der Waals surface area contributed by atoms with E-state index in [9.17, 15) is 9.59 Å². The molecule has 0 amide bonds. The summed E-state index contributed by atoms with van der Waals surface area (Å²) in [6.45, 7) is 1.85. The van der Waals surface area contributed by atoms with E-state index in [4.69, 9.17) is 0 Å². The molecule has 0 aromatic carbocycles. The molecule has 5 nitrogen and oxygen atoms in total. The molecule has 0 aliphatic heterocycles. The average molecular weight is 189 g/mol. The first-order valence-electron chi connectivity index (χ1n) is 3.48. The quantitative estimate of drug-likeness (QED) is 0.698. The van der Waals surface area contributed by atoms with Gasteiger partial charge in [0.1, 0.15) is 0 Å². The monoisotopic (exact) mass is 189 g/mol. The van der Waals surface area contributed by atoms with Crippen LogP contribution in [0.2, 0.25) is 0 Å². The smallest absolute Gasteiger partial charge is 0.246 e. The van der Waals surface area contributed by atoms with Gasteiger partial charge in [-0.1, -0.05) is 0 Å². The van der Waals surface area contributed by atoms with Crippen molar-refractivity contribution in [3.05, 3.63) is 21.0 Å². The molecule has 0 saturated heterocycles. The predicted octanol–water partition coefficient (Wildman–Crippen LogP) is -0.243. The Labute approximate surface area is 73.4 Å². The molecule has 1 heterocycles. The SMILES string of the molecule is CSC(C)n1[nH]c(=O)n(C)c1=O. The average Bonchev–Trinajstić information content (AvgIpc) is 2.32. The summed E-state index contributed by atoms with van der Waals surface area (Å²) in [7, 11) is 1.45. The summed E-state index contributed by atoms with van der Waals surface area (Å²) < 4.78 is 2.36. The van der Waals surface area contributed by atoms with Gasteiger partial charge in [0.05, 0.1) is 5.37 Å². The fourth-order valence-corrected chi connectivity index (χ4v) is 1.18. The number of rotatable bonds is 2. The van der Waals surface area contributed by atoms with Crippen molar-refractivity contribution in [3.8, 4) is 0 Å². The third kappa shape index (κ3) is 1.34. The highest BCUT2D eigenvalue weighted by atomic mass is 32.2. The van der Waals surface area contributed by atoms with Crippen LogP contribution < -0.4 is 11.4 Å². The van der Waals surface area contributed by atoms with Gasteiger partial charge in [0.2, 0.25) is 0 Å². The molecular formula is C6H11N3O2S. The summed E-state index contributed by atoms with van der Waals surface area (Å²) >= 11 is 1.49. The molecule has 1 aromatic rings. The van der Waals surface area contributed by atoms with Gasteiger partial charge >= 0.3 is 11.4 Å². The lowest BCUT2D eigenvalue weighted by Crippen LogP contribution is -2.26. The van der Waals surface area contributed by atoms with Crippen LogP contribution in [0, 0.1) is 0 Å². The van der Waals surface area contributed by atoms with E-state index in [1.807, 2.05) is 13.2 Å². The zero-order chi connectivity index (χ0) is 9.30. The summed E-state index contributed by atoms with van der Waals surface area (Å²) in [5, 5.41) is 2.42. The zero-order valence-corrected chi connectivity index (χ0v) is 8.01. The van der Waals surface area contributed by atoms with Gasteiger partial charge in [0.25, 0.3) is 0 Å². The Balaban J connectivity index is 3.28. The molecule has 0 spiro atoms. The lowest BCUT2D eigenvalue weighted by Gasteiger charge is -2.05. The molecular weight excluding hydrogens is 178 g/mol. The predicted molar refractivity (Wildman–Crippen MR) is 48.5 cm³/mol. The van der Waals surface area contributed by atoms with Crippen LogP contribution in [0.5, 0.6) is 0 Å². The highest BCUT2D eigenvalue weighted by Gasteiger charge is 2.09. The van der Waals surface area contributed by atoms with Gasteiger partial charge in [-0.3, -0.25) is 0 Å². The number of nitrogens with one attached hydrogen (secondary N) is 1. The molecule has 0 aliphatic carbocycles. The van der Waals surface area contributed by atoms with Crippen molar-refractivity contribution in [2.24, 2.45) is 7.05 Å². The van der Waals surface area contributed by atoms with Crippen LogP contribution in [-0.4, -0.2) is 20.6 Å². The number of aromatic amines is 1. The Bertz CT molecular complexity index is 375. The van der Waals surface area contributed by atoms with Crippen LogP contribution in [0.25, 0.3) is 0 Å². The molecule has 0 radical (unpaired) electrons. The second kappa shape index (κ2) is 3.22. The molecule has 1 atom stereocenters. The normalized spacial score (nSPS) is 13.2. The van der Waals surface area contributed by atoms with Crippen LogP contribution in [0.4, 0.5) is 0 Å². The van der Waals surface area contributed by atoms with Crippen LogP contribution in [-0.2, 0) is 7.05 Å². The van der Waals surface area contributed by atoms with Crippen molar-refractivity contribution >= 4 is 11.8 Å². The molecule has 1 unspecified atom stereocenters. The van der Waals surface area contributed by atoms with Gasteiger partial charge in [-0.05, 0) is 13.2 Å². The first kappa shape index (κ1) is 9.18. The largest absolute Gasteiger partial charge is 0.347 e. The van der Waals surface area contributed by atoms with Crippen LogP contribution in [0.15, 0.2) is 9.59 Å². The van der Waals surface area contributed by atoms with E-state index in [0.717, 1.165) is 4.57 Å². The maximum absolute atomic E-state index is 11.3. The highest BCUT2D eigenvalue weighted by molar-refractivity contribution is 7.98. The second-order valence-corrected chi connectivity index (χ2v) is 3.62. The van der Waals surface area contributed by atoms with Crippen LogP contribution >= 0.6 is 11.8 Å². The van der Waals surface area contributed by atoms with E-state index in [1.54, 1.807) is 0 Å². The van der Waals surface area contributed by atoms with Crippen molar-refractivity contribution in [3.63, 3.8) is 0 Å². The standard InChI is InChI=1S/C6H11N3O2S/c1-4(12-3)9-6(11)8(2)5(10)7-9/h4H,1-3H3,(H,7,10). The zero-order valence-electron chi connectivity index (χ0n) is 7.20. The van der Waals surface area contributed by atoms with E-state index in [1.165, 1.54) is 23.5 Å². The fourth-order valence-electron chi connectivity index (χ4n) is 0.826. The lowest BCUT2D eigenvalue weighted by molar-refractivity contribution is 0.607. The minimum Gasteiger partial charge on any atom is -0.246 e. The van der Waals surface area contributed by atoms with E-state index >= 15 is 0 Å². The van der Waals surface area contributed by atoms with Crippen LogP contribution in [0.1, 0.15) is 12.3 Å². The summed E-state index contributed by atoms with van der Waals surface area (Å²) in [5.74, 6) is 0. The highest BCUT2D eigenvalue weighted by Crippen LogP contribution is 2.13. The first-order chi connectivity index (χ1) is 5.57. The molecule has 1 aromatic heterocycles. The Morgan fingerprint density at radius 3 is 2.42 bits per heavy atom. The lowest BCUT2D eigenvalue weighted by atomic mass is 10.7. The van der Waals surface area contributed by atoms with Gasteiger partial charge in [0, 0.05) is 7.05 Å². The summed E-state index contributed by atoms with van der Waals surface area (Å²) in [6, 6.07) is 0. The van der Waals surface area contributed by atoms with Gasteiger partial charge < -0.3 is 0 Å². The molecule has 1 rings (SSSR count). The van der Waals surface area contributed by atoms with Crippen LogP contribution in [0.3, 0.4) is 0 Å². The molecule has 0 bridgehead atoms. The van der Waals surface area contributed by atoms with E-state index in [2.05, 4.69) is 5.10 Å². The number of hydrogen-bond donors (Lipinski definition) is 1. The van der Waals surface area contributed by atoms with Gasteiger partial charge in [-0.2, -0.15) is 0 Å². The topological polar surface area (TPSA) is 59.8 Å². The minimum atomic E-state index is -0.374. The third-order valence-electron chi connectivity index (χ3n) is 1.72.